The molecule has 1 nitrogen and oxygen atoms in total. The topological polar surface area (TPSA) is 12.0 Å². The fourth-order valence-electron chi connectivity index (χ4n) is 2.01. The Morgan fingerprint density at radius 1 is 1.21 bits per heavy atom. The Kier molecular flexibility index (Phi) is 4.97. The van der Waals surface area contributed by atoms with Crippen LogP contribution in [0, 0.1) is 5.82 Å². The van der Waals surface area contributed by atoms with Crippen molar-refractivity contribution in [2.75, 3.05) is 6.54 Å². The van der Waals surface area contributed by atoms with Crippen molar-refractivity contribution in [1.82, 2.24) is 5.32 Å². The molecule has 0 saturated carbocycles. The summed E-state index contributed by atoms with van der Waals surface area (Å²) in [4.78, 5) is 0. The maximum atomic E-state index is 13.4. The molecule has 0 heterocycles. The molecule has 0 amide bonds. The van der Waals surface area contributed by atoms with Gasteiger partial charge in [-0.2, -0.15) is 0 Å². The van der Waals surface area contributed by atoms with Crippen LogP contribution in [0.3, 0.4) is 0 Å². The van der Waals surface area contributed by atoms with Crippen LogP contribution in [-0.2, 0) is 0 Å². The minimum Gasteiger partial charge on any atom is -0.307 e. The lowest BCUT2D eigenvalue weighted by Crippen LogP contribution is -2.22. The fraction of sp³-hybridized carbons (Fsp3) is 0.200. The predicted molar refractivity (Wildman–Crippen MR) is 81.1 cm³/mol. The zero-order valence-corrected chi connectivity index (χ0v) is 12.8. The summed E-state index contributed by atoms with van der Waals surface area (Å²) in [7, 11) is 0. The molecule has 0 aliphatic heterocycles. The molecule has 1 atom stereocenters. The number of hydrogen-bond donors (Lipinski definition) is 1. The van der Waals surface area contributed by atoms with Gasteiger partial charge in [0.15, 0.2) is 0 Å². The third-order valence-corrected chi connectivity index (χ3v) is 4.08. The quantitative estimate of drug-likeness (QED) is 0.830. The molecule has 1 N–H and O–H groups in total. The number of benzene rings is 2. The summed E-state index contributed by atoms with van der Waals surface area (Å²) in [6.07, 6.45) is 0. The van der Waals surface area contributed by atoms with Crippen LogP contribution < -0.4 is 5.32 Å². The predicted octanol–water partition coefficient (Wildman–Crippen LogP) is 4.94. The zero-order chi connectivity index (χ0) is 13.8. The van der Waals surface area contributed by atoms with Crippen LogP contribution >= 0.6 is 27.5 Å². The molecule has 0 spiro atoms. The van der Waals surface area contributed by atoms with E-state index in [1.54, 1.807) is 12.1 Å². The lowest BCUT2D eigenvalue weighted by Gasteiger charge is -2.19. The Bertz CT molecular complexity index is 574. The standard InChI is InChI=1S/C15H14BrClFN/c1-2-19-15(10-4-3-5-12(18)8-10)11-6-7-14(17)13(16)9-11/h3-9,15,19H,2H2,1H3. The van der Waals surface area contributed by atoms with Gasteiger partial charge in [-0.15, -0.1) is 0 Å². The second kappa shape index (κ2) is 6.51. The molecule has 0 radical (unpaired) electrons. The normalized spacial score (nSPS) is 12.4. The highest BCUT2D eigenvalue weighted by Gasteiger charge is 2.14. The van der Waals surface area contributed by atoms with Crippen LogP contribution in [0.25, 0.3) is 0 Å². The average Bonchev–Trinajstić information content (AvgIpc) is 2.39. The van der Waals surface area contributed by atoms with Crippen LogP contribution in [0.2, 0.25) is 5.02 Å². The van der Waals surface area contributed by atoms with E-state index in [4.69, 9.17) is 11.6 Å². The van der Waals surface area contributed by atoms with Crippen LogP contribution in [-0.4, -0.2) is 6.54 Å². The molecule has 1 unspecified atom stereocenters. The van der Waals surface area contributed by atoms with E-state index in [1.165, 1.54) is 6.07 Å². The smallest absolute Gasteiger partial charge is 0.123 e. The molecule has 2 rings (SSSR count). The molecular formula is C15H14BrClFN. The summed E-state index contributed by atoms with van der Waals surface area (Å²) in [6.45, 7) is 2.82. The lowest BCUT2D eigenvalue weighted by molar-refractivity contribution is 0.603. The highest BCUT2D eigenvalue weighted by Crippen LogP contribution is 2.29. The largest absolute Gasteiger partial charge is 0.307 e. The molecule has 100 valence electrons. The van der Waals surface area contributed by atoms with Gasteiger partial charge in [-0.25, -0.2) is 4.39 Å². The molecule has 2 aromatic rings. The van der Waals surface area contributed by atoms with Crippen molar-refractivity contribution in [1.29, 1.82) is 0 Å². The molecule has 19 heavy (non-hydrogen) atoms. The van der Waals surface area contributed by atoms with Gasteiger partial charge in [0, 0.05) is 4.47 Å². The Balaban J connectivity index is 2.42. The monoisotopic (exact) mass is 341 g/mol. The van der Waals surface area contributed by atoms with Crippen molar-refractivity contribution >= 4 is 27.5 Å². The second-order valence-electron chi connectivity index (χ2n) is 4.22. The maximum Gasteiger partial charge on any atom is 0.123 e. The first-order chi connectivity index (χ1) is 9.11. The van der Waals surface area contributed by atoms with E-state index in [0.717, 1.165) is 22.1 Å². The molecule has 0 aromatic heterocycles. The first-order valence-corrected chi connectivity index (χ1v) is 7.22. The lowest BCUT2D eigenvalue weighted by atomic mass is 9.98. The van der Waals surface area contributed by atoms with Crippen LogP contribution in [0.1, 0.15) is 24.1 Å². The van der Waals surface area contributed by atoms with Gasteiger partial charge in [0.2, 0.25) is 0 Å². The van der Waals surface area contributed by atoms with Crippen molar-refractivity contribution in [3.8, 4) is 0 Å². The van der Waals surface area contributed by atoms with Gasteiger partial charge < -0.3 is 5.32 Å². The van der Waals surface area contributed by atoms with E-state index in [1.807, 2.05) is 31.2 Å². The van der Waals surface area contributed by atoms with Gasteiger partial charge in [-0.1, -0.05) is 36.7 Å². The Morgan fingerprint density at radius 2 is 1.95 bits per heavy atom. The zero-order valence-electron chi connectivity index (χ0n) is 10.5. The Labute approximate surface area is 125 Å². The third-order valence-electron chi connectivity index (χ3n) is 2.87. The van der Waals surface area contributed by atoms with Gasteiger partial charge in [-0.05, 0) is 57.9 Å². The van der Waals surface area contributed by atoms with Crippen molar-refractivity contribution in [2.24, 2.45) is 0 Å². The van der Waals surface area contributed by atoms with E-state index >= 15 is 0 Å². The van der Waals surface area contributed by atoms with E-state index in [2.05, 4.69) is 21.2 Å². The molecule has 0 fully saturated rings. The van der Waals surface area contributed by atoms with Crippen molar-refractivity contribution in [3.05, 3.63) is 68.9 Å². The summed E-state index contributed by atoms with van der Waals surface area (Å²) < 4.78 is 14.2. The number of nitrogens with one attached hydrogen (secondary N) is 1. The molecule has 0 bridgehead atoms. The first kappa shape index (κ1) is 14.5. The minimum absolute atomic E-state index is 0.0470. The van der Waals surface area contributed by atoms with Crippen LogP contribution in [0.15, 0.2) is 46.9 Å². The first-order valence-electron chi connectivity index (χ1n) is 6.05. The van der Waals surface area contributed by atoms with Crippen LogP contribution in [0.4, 0.5) is 4.39 Å². The third kappa shape index (κ3) is 3.56. The Morgan fingerprint density at radius 3 is 2.58 bits per heavy atom. The average molecular weight is 343 g/mol. The SMILES string of the molecule is CCNC(c1cccc(F)c1)c1ccc(Cl)c(Br)c1. The molecule has 4 heteroatoms. The molecule has 0 saturated heterocycles. The van der Waals surface area contributed by atoms with Crippen molar-refractivity contribution in [2.45, 2.75) is 13.0 Å². The van der Waals surface area contributed by atoms with Gasteiger partial charge in [-0.3, -0.25) is 0 Å². The summed E-state index contributed by atoms with van der Waals surface area (Å²) in [5, 5.41) is 4.02. The van der Waals surface area contributed by atoms with Crippen LogP contribution in [0.5, 0.6) is 0 Å². The summed E-state index contributed by atoms with van der Waals surface area (Å²) in [6, 6.07) is 12.3. The fourth-order valence-corrected chi connectivity index (χ4v) is 2.52. The molecular weight excluding hydrogens is 329 g/mol. The van der Waals surface area contributed by atoms with E-state index < -0.39 is 0 Å². The number of rotatable bonds is 4. The highest BCUT2D eigenvalue weighted by atomic mass is 79.9. The van der Waals surface area contributed by atoms with E-state index in [-0.39, 0.29) is 11.9 Å². The molecule has 2 aromatic carbocycles. The van der Waals surface area contributed by atoms with Gasteiger partial charge in [0.25, 0.3) is 0 Å². The summed E-state index contributed by atoms with van der Waals surface area (Å²) in [5.41, 5.74) is 1.94. The van der Waals surface area contributed by atoms with E-state index in [9.17, 15) is 4.39 Å². The second-order valence-corrected chi connectivity index (χ2v) is 5.48. The maximum absolute atomic E-state index is 13.4. The number of hydrogen-bond acceptors (Lipinski definition) is 1. The van der Waals surface area contributed by atoms with Crippen molar-refractivity contribution < 1.29 is 4.39 Å². The number of halogens is 3. The van der Waals surface area contributed by atoms with Crippen molar-refractivity contribution in [3.63, 3.8) is 0 Å². The van der Waals surface area contributed by atoms with Gasteiger partial charge >= 0.3 is 0 Å². The van der Waals surface area contributed by atoms with Gasteiger partial charge in [0.05, 0.1) is 11.1 Å². The Hall–Kier alpha value is -0.900. The van der Waals surface area contributed by atoms with E-state index in [0.29, 0.717) is 5.02 Å². The molecule has 0 aliphatic carbocycles. The summed E-state index contributed by atoms with van der Waals surface area (Å²) in [5.74, 6) is -0.228. The highest BCUT2D eigenvalue weighted by molar-refractivity contribution is 9.10. The van der Waals surface area contributed by atoms with Gasteiger partial charge in [0.1, 0.15) is 5.82 Å². The summed E-state index contributed by atoms with van der Waals surface area (Å²) >= 11 is 9.43. The minimum atomic E-state index is -0.228. The molecule has 0 aliphatic rings.